The van der Waals surface area contributed by atoms with E-state index in [0.717, 1.165) is 44.7 Å². The Hall–Kier alpha value is -0.280. The maximum absolute atomic E-state index is 12.7. The molecule has 2 aliphatic rings. The van der Waals surface area contributed by atoms with Crippen LogP contribution in [0.4, 0.5) is 0 Å². The van der Waals surface area contributed by atoms with E-state index in [1.807, 2.05) is 7.05 Å². The molecule has 3 nitrogen and oxygen atoms in total. The van der Waals surface area contributed by atoms with Gasteiger partial charge in [0.05, 0.1) is 0 Å². The standard InChI is InChI=1S/C17H32N2O.ClH/c1-3-15(13-14-7-5-4-6-8-14)17(20)19-11-9-16(18-2)10-12-19;/h14-16,18H,3-13H2,1-2H3;1H. The molecule has 4 heteroatoms. The van der Waals surface area contributed by atoms with Crippen LogP contribution in [0.5, 0.6) is 0 Å². The molecule has 2 rings (SSSR count). The third-order valence-electron chi connectivity index (χ3n) is 5.40. The molecule has 1 saturated carbocycles. The van der Waals surface area contributed by atoms with Gasteiger partial charge in [-0.25, -0.2) is 0 Å². The molecule has 1 amide bonds. The van der Waals surface area contributed by atoms with Crippen LogP contribution in [0.1, 0.15) is 64.7 Å². The third-order valence-corrected chi connectivity index (χ3v) is 5.40. The number of hydrogen-bond acceptors (Lipinski definition) is 2. The van der Waals surface area contributed by atoms with E-state index < -0.39 is 0 Å². The highest BCUT2D eigenvalue weighted by Gasteiger charge is 2.29. The first-order valence-corrected chi connectivity index (χ1v) is 8.70. The molecule has 124 valence electrons. The molecule has 0 aromatic rings. The van der Waals surface area contributed by atoms with E-state index >= 15 is 0 Å². The van der Waals surface area contributed by atoms with Crippen molar-refractivity contribution in [2.24, 2.45) is 11.8 Å². The van der Waals surface area contributed by atoms with Crippen LogP contribution < -0.4 is 5.32 Å². The van der Waals surface area contributed by atoms with Crippen molar-refractivity contribution in [1.29, 1.82) is 0 Å². The number of amides is 1. The summed E-state index contributed by atoms with van der Waals surface area (Å²) in [4.78, 5) is 14.8. The van der Waals surface area contributed by atoms with E-state index in [9.17, 15) is 4.79 Å². The minimum Gasteiger partial charge on any atom is -0.342 e. The van der Waals surface area contributed by atoms with Crippen molar-refractivity contribution in [2.75, 3.05) is 20.1 Å². The van der Waals surface area contributed by atoms with Gasteiger partial charge < -0.3 is 10.2 Å². The number of nitrogens with one attached hydrogen (secondary N) is 1. The Morgan fingerprint density at radius 1 is 1.14 bits per heavy atom. The second kappa shape index (κ2) is 9.68. The number of piperidine rings is 1. The maximum Gasteiger partial charge on any atom is 0.225 e. The summed E-state index contributed by atoms with van der Waals surface area (Å²) in [7, 11) is 2.03. The average Bonchev–Trinajstić information content (AvgIpc) is 2.53. The predicted molar refractivity (Wildman–Crippen MR) is 90.9 cm³/mol. The zero-order valence-electron chi connectivity index (χ0n) is 13.8. The molecule has 1 unspecified atom stereocenters. The normalized spacial score (nSPS) is 22.7. The highest BCUT2D eigenvalue weighted by Crippen LogP contribution is 2.31. The number of halogens is 1. The molecule has 2 fully saturated rings. The number of hydrogen-bond donors (Lipinski definition) is 1. The number of nitrogens with zero attached hydrogens (tertiary/aromatic N) is 1. The second-order valence-electron chi connectivity index (χ2n) is 6.73. The van der Waals surface area contributed by atoms with Crippen LogP contribution in [-0.2, 0) is 4.79 Å². The van der Waals surface area contributed by atoms with Gasteiger partial charge in [0.15, 0.2) is 0 Å². The van der Waals surface area contributed by atoms with Crippen LogP contribution in [0.25, 0.3) is 0 Å². The van der Waals surface area contributed by atoms with Crippen molar-refractivity contribution in [3.8, 4) is 0 Å². The number of rotatable bonds is 5. The minimum absolute atomic E-state index is 0. The summed E-state index contributed by atoms with van der Waals surface area (Å²) >= 11 is 0. The Bertz CT molecular complexity index is 297. The van der Waals surface area contributed by atoms with E-state index in [1.54, 1.807) is 0 Å². The van der Waals surface area contributed by atoms with Crippen molar-refractivity contribution in [2.45, 2.75) is 70.8 Å². The zero-order valence-corrected chi connectivity index (χ0v) is 14.6. The van der Waals surface area contributed by atoms with Gasteiger partial charge in [-0.3, -0.25) is 4.79 Å². The number of carbonyl (C=O) groups excluding carboxylic acids is 1. The second-order valence-corrected chi connectivity index (χ2v) is 6.73. The van der Waals surface area contributed by atoms with Crippen LogP contribution in [-0.4, -0.2) is 37.0 Å². The Balaban J connectivity index is 0.00000220. The topological polar surface area (TPSA) is 32.3 Å². The van der Waals surface area contributed by atoms with E-state index in [-0.39, 0.29) is 18.3 Å². The van der Waals surface area contributed by atoms with Crippen LogP contribution in [0.2, 0.25) is 0 Å². The molecule has 0 radical (unpaired) electrons. The molecule has 1 aliphatic carbocycles. The summed E-state index contributed by atoms with van der Waals surface area (Å²) in [6.07, 6.45) is 11.2. The molecule has 0 spiro atoms. The summed E-state index contributed by atoms with van der Waals surface area (Å²) in [6.45, 7) is 4.09. The molecule has 1 saturated heterocycles. The van der Waals surface area contributed by atoms with Gasteiger partial charge in [-0.15, -0.1) is 12.4 Å². The summed E-state index contributed by atoms with van der Waals surface area (Å²) in [6, 6.07) is 0.609. The molecule has 1 heterocycles. The summed E-state index contributed by atoms with van der Waals surface area (Å²) in [5, 5.41) is 3.33. The van der Waals surface area contributed by atoms with Crippen molar-refractivity contribution < 1.29 is 4.79 Å². The van der Waals surface area contributed by atoms with Gasteiger partial charge in [-0.05, 0) is 38.6 Å². The van der Waals surface area contributed by atoms with E-state index in [2.05, 4.69) is 17.1 Å². The first kappa shape index (κ1) is 18.8. The van der Waals surface area contributed by atoms with Crippen LogP contribution >= 0.6 is 12.4 Å². The highest BCUT2D eigenvalue weighted by atomic mass is 35.5. The van der Waals surface area contributed by atoms with E-state index in [0.29, 0.717) is 11.9 Å². The average molecular weight is 317 g/mol. The van der Waals surface area contributed by atoms with Gasteiger partial charge in [-0.1, -0.05) is 39.0 Å². The fraction of sp³-hybridized carbons (Fsp3) is 0.941. The molecular weight excluding hydrogens is 284 g/mol. The number of carbonyl (C=O) groups is 1. The van der Waals surface area contributed by atoms with Gasteiger partial charge >= 0.3 is 0 Å². The molecule has 1 atom stereocenters. The lowest BCUT2D eigenvalue weighted by molar-refractivity contribution is -0.137. The van der Waals surface area contributed by atoms with Crippen molar-refractivity contribution >= 4 is 18.3 Å². The van der Waals surface area contributed by atoms with E-state index in [1.165, 1.54) is 32.1 Å². The van der Waals surface area contributed by atoms with Crippen LogP contribution in [0.15, 0.2) is 0 Å². The first-order chi connectivity index (χ1) is 9.74. The zero-order chi connectivity index (χ0) is 14.4. The molecule has 1 N–H and O–H groups in total. The van der Waals surface area contributed by atoms with Crippen molar-refractivity contribution in [1.82, 2.24) is 10.2 Å². The van der Waals surface area contributed by atoms with Gasteiger partial charge in [-0.2, -0.15) is 0 Å². The van der Waals surface area contributed by atoms with Crippen molar-refractivity contribution in [3.63, 3.8) is 0 Å². The van der Waals surface area contributed by atoms with E-state index in [4.69, 9.17) is 0 Å². The van der Waals surface area contributed by atoms with Crippen LogP contribution in [0.3, 0.4) is 0 Å². The molecular formula is C17H33ClN2O. The Morgan fingerprint density at radius 3 is 2.29 bits per heavy atom. The Kier molecular flexibility index (Phi) is 8.65. The van der Waals surface area contributed by atoms with Crippen molar-refractivity contribution in [3.05, 3.63) is 0 Å². The van der Waals surface area contributed by atoms with Crippen LogP contribution in [0, 0.1) is 11.8 Å². The quantitative estimate of drug-likeness (QED) is 0.840. The highest BCUT2D eigenvalue weighted by molar-refractivity contribution is 5.85. The van der Waals surface area contributed by atoms with Gasteiger partial charge in [0.25, 0.3) is 0 Å². The fourth-order valence-corrected chi connectivity index (χ4v) is 3.91. The Morgan fingerprint density at radius 2 is 1.76 bits per heavy atom. The maximum atomic E-state index is 12.7. The summed E-state index contributed by atoms with van der Waals surface area (Å²) in [5.41, 5.74) is 0. The van der Waals surface area contributed by atoms with Gasteiger partial charge in [0.1, 0.15) is 0 Å². The van der Waals surface area contributed by atoms with Gasteiger partial charge in [0, 0.05) is 25.0 Å². The number of likely N-dealkylation sites (tertiary alicyclic amines) is 1. The van der Waals surface area contributed by atoms with Gasteiger partial charge in [0.2, 0.25) is 5.91 Å². The molecule has 0 bridgehead atoms. The molecule has 0 aromatic carbocycles. The largest absolute Gasteiger partial charge is 0.342 e. The minimum atomic E-state index is 0. The molecule has 1 aliphatic heterocycles. The lowest BCUT2D eigenvalue weighted by Crippen LogP contribution is -2.46. The lowest BCUT2D eigenvalue weighted by atomic mass is 9.81. The fourth-order valence-electron chi connectivity index (χ4n) is 3.91. The summed E-state index contributed by atoms with van der Waals surface area (Å²) in [5.74, 6) is 1.53. The monoisotopic (exact) mass is 316 g/mol. The molecule has 0 aromatic heterocycles. The summed E-state index contributed by atoms with van der Waals surface area (Å²) < 4.78 is 0. The molecule has 21 heavy (non-hydrogen) atoms. The third kappa shape index (κ3) is 5.45. The smallest absolute Gasteiger partial charge is 0.225 e. The predicted octanol–water partition coefficient (Wildman–Crippen LogP) is 3.62. The first-order valence-electron chi connectivity index (χ1n) is 8.70. The SMILES string of the molecule is CCC(CC1CCCCC1)C(=O)N1CCC(NC)CC1.Cl. The Labute approximate surface area is 136 Å². The lowest BCUT2D eigenvalue weighted by Gasteiger charge is -2.35.